The molecule has 13 atom stereocenters. The molecular weight excluding hydrogens is 504 g/mol. The van der Waals surface area contributed by atoms with Gasteiger partial charge < -0.3 is 39.7 Å². The van der Waals surface area contributed by atoms with E-state index in [9.17, 15) is 30.3 Å². The van der Waals surface area contributed by atoms with Gasteiger partial charge in [-0.1, -0.05) is 13.8 Å². The van der Waals surface area contributed by atoms with E-state index >= 15 is 0 Å². The fraction of sp³-hybridized carbons (Fsp3) is 0.900. The number of carbonyl (C=O) groups excluding carboxylic acids is 1. The molecule has 5 N–H and O–H groups in total. The summed E-state index contributed by atoms with van der Waals surface area (Å²) in [6.45, 7) is 6.55. The maximum Gasteiger partial charge on any atom is 0.331 e. The van der Waals surface area contributed by atoms with Crippen molar-refractivity contribution in [2.75, 3.05) is 13.2 Å². The van der Waals surface area contributed by atoms with Gasteiger partial charge in [-0.05, 0) is 99.4 Å². The molecule has 6 aliphatic rings. The van der Waals surface area contributed by atoms with Gasteiger partial charge >= 0.3 is 5.97 Å². The molecule has 1 saturated heterocycles. The minimum absolute atomic E-state index is 0.0576. The highest BCUT2D eigenvalue weighted by Gasteiger charge is 2.68. The van der Waals surface area contributed by atoms with Gasteiger partial charge in [0.2, 0.25) is 0 Å². The zero-order valence-corrected chi connectivity index (χ0v) is 23.4. The molecular formula is C30H46O9. The Morgan fingerprint density at radius 2 is 1.72 bits per heavy atom. The number of rotatable bonds is 4. The maximum absolute atomic E-state index is 12.4. The zero-order valence-electron chi connectivity index (χ0n) is 23.4. The Bertz CT molecular complexity index is 1010. The van der Waals surface area contributed by atoms with Crippen LogP contribution in [0.2, 0.25) is 0 Å². The summed E-state index contributed by atoms with van der Waals surface area (Å²) in [6, 6.07) is 0. The highest BCUT2D eigenvalue weighted by molar-refractivity contribution is 5.85. The van der Waals surface area contributed by atoms with Gasteiger partial charge in [0.25, 0.3) is 0 Å². The molecule has 39 heavy (non-hydrogen) atoms. The lowest BCUT2D eigenvalue weighted by Gasteiger charge is -2.64. The number of aliphatic hydroxyl groups is 5. The summed E-state index contributed by atoms with van der Waals surface area (Å²) in [5.74, 6) is 0.928. The van der Waals surface area contributed by atoms with Crippen LogP contribution >= 0.6 is 0 Å². The summed E-state index contributed by atoms with van der Waals surface area (Å²) in [6.07, 6.45) is 3.33. The van der Waals surface area contributed by atoms with E-state index in [1.807, 2.05) is 6.92 Å². The molecule has 0 radical (unpaired) electrons. The first-order chi connectivity index (χ1) is 18.3. The van der Waals surface area contributed by atoms with Crippen molar-refractivity contribution < 1.29 is 44.5 Å². The maximum atomic E-state index is 12.4. The van der Waals surface area contributed by atoms with Crippen molar-refractivity contribution in [2.45, 2.75) is 120 Å². The molecule has 0 aromatic carbocycles. The van der Waals surface area contributed by atoms with Gasteiger partial charge in [-0.3, -0.25) is 0 Å². The van der Waals surface area contributed by atoms with E-state index in [-0.39, 0.29) is 28.6 Å². The molecule has 0 bridgehead atoms. The van der Waals surface area contributed by atoms with Gasteiger partial charge in [0.15, 0.2) is 6.29 Å². The monoisotopic (exact) mass is 550 g/mol. The molecule has 0 aromatic heterocycles. The lowest BCUT2D eigenvalue weighted by atomic mass is 9.42. The first-order valence-electron chi connectivity index (χ1n) is 14.9. The van der Waals surface area contributed by atoms with Crippen LogP contribution in [-0.4, -0.2) is 86.6 Å². The third-order valence-electron chi connectivity index (χ3n) is 12.5. The van der Waals surface area contributed by atoms with Crippen molar-refractivity contribution in [1.82, 2.24) is 0 Å². The van der Waals surface area contributed by atoms with Gasteiger partial charge in [0.05, 0.1) is 17.8 Å². The minimum Gasteiger partial charge on any atom is -0.458 e. The second-order valence-corrected chi connectivity index (χ2v) is 14.3. The van der Waals surface area contributed by atoms with Crippen LogP contribution < -0.4 is 0 Å². The van der Waals surface area contributed by atoms with Crippen LogP contribution in [-0.2, 0) is 19.0 Å². The van der Waals surface area contributed by atoms with E-state index in [4.69, 9.17) is 14.2 Å². The summed E-state index contributed by atoms with van der Waals surface area (Å²) in [5, 5.41) is 52.9. The third-order valence-corrected chi connectivity index (χ3v) is 12.5. The Morgan fingerprint density at radius 3 is 2.41 bits per heavy atom. The van der Waals surface area contributed by atoms with E-state index in [1.54, 1.807) is 6.08 Å². The van der Waals surface area contributed by atoms with E-state index in [1.165, 1.54) is 0 Å². The fourth-order valence-corrected chi connectivity index (χ4v) is 10.1. The topological polar surface area (TPSA) is 146 Å². The number of ether oxygens (including phenoxy) is 3. The predicted molar refractivity (Wildman–Crippen MR) is 139 cm³/mol. The molecule has 2 heterocycles. The van der Waals surface area contributed by atoms with Crippen LogP contribution in [0.4, 0.5) is 0 Å². The summed E-state index contributed by atoms with van der Waals surface area (Å²) in [4.78, 5) is 11.8. The smallest absolute Gasteiger partial charge is 0.331 e. The predicted octanol–water partition coefficient (Wildman–Crippen LogP) is 1.82. The lowest BCUT2D eigenvalue weighted by Crippen LogP contribution is -2.64. The van der Waals surface area contributed by atoms with E-state index in [0.717, 1.165) is 63.4 Å². The van der Waals surface area contributed by atoms with Gasteiger partial charge in [-0.25, -0.2) is 4.79 Å². The van der Waals surface area contributed by atoms with Crippen LogP contribution in [0, 0.1) is 34.5 Å². The van der Waals surface area contributed by atoms with Gasteiger partial charge in [0, 0.05) is 11.5 Å². The molecule has 9 nitrogen and oxygen atoms in total. The van der Waals surface area contributed by atoms with Crippen LogP contribution in [0.15, 0.2) is 11.6 Å². The fourth-order valence-electron chi connectivity index (χ4n) is 10.1. The van der Waals surface area contributed by atoms with Gasteiger partial charge in [0.1, 0.15) is 31.0 Å². The Labute approximate surface area is 230 Å². The van der Waals surface area contributed by atoms with E-state index in [2.05, 4.69) is 13.8 Å². The molecule has 1 unspecified atom stereocenters. The molecule has 0 amide bonds. The van der Waals surface area contributed by atoms with Crippen molar-refractivity contribution in [3.05, 3.63) is 11.6 Å². The van der Waals surface area contributed by atoms with E-state index < -0.39 is 48.5 Å². The van der Waals surface area contributed by atoms with Crippen LogP contribution in [0.5, 0.6) is 0 Å². The van der Waals surface area contributed by atoms with Crippen LogP contribution in [0.1, 0.15) is 78.6 Å². The number of hydrogen-bond donors (Lipinski definition) is 5. The average Bonchev–Trinajstić information content (AvgIpc) is 3.44. The molecule has 4 saturated carbocycles. The van der Waals surface area contributed by atoms with Gasteiger partial charge in [-0.2, -0.15) is 0 Å². The molecule has 0 spiro atoms. The molecule has 6 rings (SSSR count). The number of cyclic esters (lactones) is 1. The number of esters is 1. The lowest BCUT2D eigenvalue weighted by molar-refractivity contribution is -0.333. The third kappa shape index (κ3) is 4.09. The first-order valence-corrected chi connectivity index (χ1v) is 14.9. The largest absolute Gasteiger partial charge is 0.458 e. The Balaban J connectivity index is 1.18. The van der Waals surface area contributed by atoms with Crippen molar-refractivity contribution in [3.8, 4) is 0 Å². The molecule has 9 heteroatoms. The summed E-state index contributed by atoms with van der Waals surface area (Å²) in [7, 11) is 0. The average molecular weight is 551 g/mol. The highest BCUT2D eigenvalue weighted by atomic mass is 16.7. The number of carbonyl (C=O) groups is 1. The first kappa shape index (κ1) is 28.1. The summed E-state index contributed by atoms with van der Waals surface area (Å²) in [5.41, 5.74) is -0.482. The quantitative estimate of drug-likeness (QED) is 0.261. The number of hydrogen-bond acceptors (Lipinski definition) is 9. The molecule has 2 aliphatic heterocycles. The molecule has 5 fully saturated rings. The molecule has 220 valence electrons. The Kier molecular flexibility index (Phi) is 6.82. The van der Waals surface area contributed by atoms with Crippen molar-refractivity contribution >= 4 is 5.97 Å². The summed E-state index contributed by atoms with van der Waals surface area (Å²) < 4.78 is 17.3. The van der Waals surface area contributed by atoms with Crippen LogP contribution in [0.25, 0.3) is 0 Å². The normalized spacial score (nSPS) is 55.3. The van der Waals surface area contributed by atoms with Crippen molar-refractivity contribution in [3.63, 3.8) is 0 Å². The van der Waals surface area contributed by atoms with Crippen LogP contribution in [0.3, 0.4) is 0 Å². The van der Waals surface area contributed by atoms with Gasteiger partial charge in [-0.15, -0.1) is 0 Å². The van der Waals surface area contributed by atoms with Crippen molar-refractivity contribution in [2.24, 2.45) is 34.5 Å². The SMILES string of the molecule is C[C@@]1(O[C@@H]2O[C@H](CO)[C@@H](O)[C@H](O)[C@H]2O)CC[C@@]2(C)[C@H](CC[C@@H]3[C@@H]2CC[C@]2(C)[C@@H](C4=CC(=O)OC4)CCC32O)C1. The standard InChI is InChI=1S/C30H46O9/c1-27(39-26-25(35)24(34)23(33)21(14-31)38-26)10-11-28(2)17(13-27)4-5-20-19(28)6-8-29(3)18(7-9-30(20,29)36)16-12-22(32)37-15-16/h12,17-21,23-26,31,33-36H,4-11,13-15H2,1-3H3/t17-,18-,19+,20-,21-,23-,24+,25-,26+,27-,28+,29-,30?/m1/s1. The summed E-state index contributed by atoms with van der Waals surface area (Å²) >= 11 is 0. The zero-order chi connectivity index (χ0) is 28.0. The van der Waals surface area contributed by atoms with E-state index in [0.29, 0.717) is 18.4 Å². The number of aliphatic hydroxyl groups excluding tert-OH is 4. The second-order valence-electron chi connectivity index (χ2n) is 14.3. The minimum atomic E-state index is -1.45. The molecule has 0 aromatic rings. The second kappa shape index (κ2) is 9.48. The molecule has 4 aliphatic carbocycles. The number of fused-ring (bicyclic) bond motifs is 5. The van der Waals surface area contributed by atoms with Crippen molar-refractivity contribution in [1.29, 1.82) is 0 Å². The Hall–Kier alpha value is -1.07. The highest BCUT2D eigenvalue weighted by Crippen LogP contribution is 2.70. The Morgan fingerprint density at radius 1 is 0.949 bits per heavy atom.